The largest absolute Gasteiger partial charge is 0.265 e. The van der Waals surface area contributed by atoms with E-state index in [0.717, 1.165) is 3.57 Å². The Hall–Kier alpha value is -0.320. The Morgan fingerprint density at radius 3 is 2.88 bits per heavy atom. The Morgan fingerprint density at radius 1 is 1.62 bits per heavy atom. The van der Waals surface area contributed by atoms with Gasteiger partial charge in [-0.1, -0.05) is 0 Å². The standard InChI is InChI=1S/C5H4INO/c8-6-5-2-1-3-7-4-5/h1-4H. The summed E-state index contributed by atoms with van der Waals surface area (Å²) in [6, 6.07) is 3.60. The summed E-state index contributed by atoms with van der Waals surface area (Å²) in [4.78, 5) is 3.78. The van der Waals surface area contributed by atoms with E-state index in [4.69, 9.17) is 0 Å². The second-order valence-corrected chi connectivity index (χ2v) is 2.93. The van der Waals surface area contributed by atoms with E-state index >= 15 is 0 Å². The molecule has 8 heavy (non-hydrogen) atoms. The molecule has 0 atom stereocenters. The molecule has 0 radical (unpaired) electrons. The summed E-state index contributed by atoms with van der Waals surface area (Å²) in [6.07, 6.45) is 3.29. The number of halogens is 1. The summed E-state index contributed by atoms with van der Waals surface area (Å²) in [5, 5.41) is 0. The second-order valence-electron chi connectivity index (χ2n) is 1.25. The van der Waals surface area contributed by atoms with Crippen molar-refractivity contribution in [2.24, 2.45) is 0 Å². The molecule has 0 unspecified atom stereocenters. The SMILES string of the molecule is O=Ic1cccnc1. The first-order valence-corrected chi connectivity index (χ1v) is 4.06. The van der Waals surface area contributed by atoms with Crippen LogP contribution in [0.15, 0.2) is 24.5 Å². The molecule has 0 aliphatic carbocycles. The van der Waals surface area contributed by atoms with Crippen molar-refractivity contribution in [3.05, 3.63) is 28.1 Å². The Bertz CT molecular complexity index is 175. The molecule has 2 nitrogen and oxygen atoms in total. The van der Waals surface area contributed by atoms with Crippen LogP contribution in [0.3, 0.4) is 0 Å². The number of pyridine rings is 1. The number of hydrogen-bond acceptors (Lipinski definition) is 2. The first-order valence-electron chi connectivity index (χ1n) is 2.10. The summed E-state index contributed by atoms with van der Waals surface area (Å²) in [7, 11) is 0. The van der Waals surface area contributed by atoms with Crippen LogP contribution in [0.25, 0.3) is 0 Å². The van der Waals surface area contributed by atoms with Gasteiger partial charge < -0.3 is 0 Å². The molecular formula is C5H4INO. The van der Waals surface area contributed by atoms with Crippen LogP contribution in [-0.2, 0) is 3.07 Å². The van der Waals surface area contributed by atoms with E-state index in [9.17, 15) is 3.07 Å². The van der Waals surface area contributed by atoms with Crippen molar-refractivity contribution in [3.8, 4) is 0 Å². The summed E-state index contributed by atoms with van der Waals surface area (Å²) in [5.41, 5.74) is 0. The van der Waals surface area contributed by atoms with Crippen LogP contribution in [0.4, 0.5) is 0 Å². The average molecular weight is 221 g/mol. The molecule has 0 fully saturated rings. The summed E-state index contributed by atoms with van der Waals surface area (Å²) in [5.74, 6) is 0. The predicted octanol–water partition coefficient (Wildman–Crippen LogP) is 1.57. The van der Waals surface area contributed by atoms with Gasteiger partial charge in [0.05, 0.1) is 3.57 Å². The highest BCUT2D eigenvalue weighted by Gasteiger charge is 1.83. The molecule has 0 aliphatic rings. The first-order chi connectivity index (χ1) is 3.93. The van der Waals surface area contributed by atoms with Gasteiger partial charge in [-0.3, -0.25) is 8.05 Å². The van der Waals surface area contributed by atoms with Crippen molar-refractivity contribution in [1.29, 1.82) is 0 Å². The van der Waals surface area contributed by atoms with Gasteiger partial charge in [0.1, 0.15) is 0 Å². The number of rotatable bonds is 1. The quantitative estimate of drug-likeness (QED) is 0.673. The molecular weight excluding hydrogens is 217 g/mol. The lowest BCUT2D eigenvalue weighted by Crippen LogP contribution is -1.69. The van der Waals surface area contributed by atoms with Crippen LogP contribution in [-0.4, -0.2) is 4.98 Å². The van der Waals surface area contributed by atoms with E-state index in [-0.39, 0.29) is 0 Å². The molecule has 1 rings (SSSR count). The Kier molecular flexibility index (Phi) is 2.08. The molecule has 0 saturated carbocycles. The van der Waals surface area contributed by atoms with Crippen molar-refractivity contribution < 1.29 is 3.07 Å². The average Bonchev–Trinajstić information content (AvgIpc) is 1.90. The number of nitrogens with zero attached hydrogens (tertiary/aromatic N) is 1. The third kappa shape index (κ3) is 1.33. The van der Waals surface area contributed by atoms with Gasteiger partial charge in [-0.2, -0.15) is 0 Å². The smallest absolute Gasteiger partial charge is 0.183 e. The Labute approximate surface area is 57.6 Å². The zero-order valence-corrected chi connectivity index (χ0v) is 6.20. The maximum atomic E-state index is 10.2. The molecule has 0 N–H and O–H groups in total. The normalized spacial score (nSPS) is 9.00. The predicted molar refractivity (Wildman–Crippen MR) is 37.6 cm³/mol. The van der Waals surface area contributed by atoms with Gasteiger partial charge in [-0.05, 0) is 12.1 Å². The van der Waals surface area contributed by atoms with Gasteiger partial charge in [0.15, 0.2) is 21.2 Å². The third-order valence-corrected chi connectivity index (χ3v) is 1.86. The lowest BCUT2D eigenvalue weighted by molar-refractivity contribution is 0.648. The molecule has 0 aliphatic heterocycles. The summed E-state index contributed by atoms with van der Waals surface area (Å²) < 4.78 is 11.1. The van der Waals surface area contributed by atoms with Gasteiger partial charge in [0, 0.05) is 12.4 Å². The van der Waals surface area contributed by atoms with Crippen molar-refractivity contribution >= 4 is 21.2 Å². The van der Waals surface area contributed by atoms with Gasteiger partial charge in [-0.25, -0.2) is 0 Å². The van der Waals surface area contributed by atoms with Gasteiger partial charge in [0.2, 0.25) is 0 Å². The minimum Gasteiger partial charge on any atom is -0.265 e. The molecule has 42 valence electrons. The molecule has 0 saturated heterocycles. The zero-order chi connectivity index (χ0) is 5.82. The van der Waals surface area contributed by atoms with Crippen LogP contribution < -0.4 is 0 Å². The topological polar surface area (TPSA) is 30.0 Å². The first kappa shape index (κ1) is 5.81. The van der Waals surface area contributed by atoms with Crippen LogP contribution in [0.1, 0.15) is 0 Å². The van der Waals surface area contributed by atoms with Crippen molar-refractivity contribution in [3.63, 3.8) is 0 Å². The van der Waals surface area contributed by atoms with E-state index in [2.05, 4.69) is 4.98 Å². The molecule has 1 heterocycles. The fraction of sp³-hybridized carbons (Fsp3) is 0. The van der Waals surface area contributed by atoms with Gasteiger partial charge >= 0.3 is 0 Å². The molecule has 1 aromatic rings. The monoisotopic (exact) mass is 221 g/mol. The van der Waals surface area contributed by atoms with Gasteiger partial charge in [-0.15, -0.1) is 0 Å². The maximum Gasteiger partial charge on any atom is 0.183 e. The second kappa shape index (κ2) is 2.86. The zero-order valence-electron chi connectivity index (χ0n) is 4.04. The molecule has 0 spiro atoms. The van der Waals surface area contributed by atoms with E-state index in [1.807, 2.05) is 6.07 Å². The highest BCUT2D eigenvalue weighted by molar-refractivity contribution is 14.1. The fourth-order valence-corrected chi connectivity index (χ4v) is 1.02. The molecule has 0 aromatic carbocycles. The molecule has 1 aromatic heterocycles. The lowest BCUT2D eigenvalue weighted by Gasteiger charge is -1.80. The Morgan fingerprint density at radius 2 is 2.50 bits per heavy atom. The van der Waals surface area contributed by atoms with Crippen molar-refractivity contribution in [2.45, 2.75) is 0 Å². The summed E-state index contributed by atoms with van der Waals surface area (Å²) >= 11 is -1.00. The van der Waals surface area contributed by atoms with Crippen molar-refractivity contribution in [2.75, 3.05) is 0 Å². The van der Waals surface area contributed by atoms with Crippen LogP contribution in [0.5, 0.6) is 0 Å². The highest BCUT2D eigenvalue weighted by Crippen LogP contribution is 2.04. The van der Waals surface area contributed by atoms with Crippen molar-refractivity contribution in [1.82, 2.24) is 4.98 Å². The molecule has 3 heteroatoms. The van der Waals surface area contributed by atoms with E-state index in [0.29, 0.717) is 0 Å². The van der Waals surface area contributed by atoms with E-state index < -0.39 is 21.2 Å². The van der Waals surface area contributed by atoms with E-state index in [1.54, 1.807) is 18.5 Å². The Balaban J connectivity index is 2.99. The van der Waals surface area contributed by atoms with Crippen LogP contribution in [0, 0.1) is 3.57 Å². The molecule has 0 bridgehead atoms. The number of aromatic nitrogens is 1. The van der Waals surface area contributed by atoms with Crippen LogP contribution in [0.2, 0.25) is 0 Å². The summed E-state index contributed by atoms with van der Waals surface area (Å²) in [6.45, 7) is 0. The third-order valence-electron chi connectivity index (χ3n) is 0.715. The minimum atomic E-state index is -1.00. The minimum absolute atomic E-state index is 0.853. The fourth-order valence-electron chi connectivity index (χ4n) is 0.388. The lowest BCUT2D eigenvalue weighted by atomic mass is 10.5. The molecule has 0 amide bonds. The highest BCUT2D eigenvalue weighted by atomic mass is 127. The van der Waals surface area contributed by atoms with Gasteiger partial charge in [0.25, 0.3) is 0 Å². The van der Waals surface area contributed by atoms with E-state index in [1.165, 1.54) is 0 Å². The number of hydrogen-bond donors (Lipinski definition) is 0. The maximum absolute atomic E-state index is 10.2. The van der Waals surface area contributed by atoms with Crippen LogP contribution >= 0.6 is 21.2 Å².